The molecule has 3 nitrogen and oxygen atoms in total. The van der Waals surface area contributed by atoms with Crippen molar-refractivity contribution in [1.82, 2.24) is 5.32 Å². The predicted molar refractivity (Wildman–Crippen MR) is 83.8 cm³/mol. The molecule has 2 aromatic rings. The molecule has 0 bridgehead atoms. The van der Waals surface area contributed by atoms with Crippen LogP contribution in [0.5, 0.6) is 0 Å². The number of esters is 1. The molecule has 0 aliphatic carbocycles. The molecular weight excluding hydrogens is 262 g/mol. The summed E-state index contributed by atoms with van der Waals surface area (Å²) < 4.78 is 4.82. The Bertz CT molecular complexity index is 581. The van der Waals surface area contributed by atoms with Crippen LogP contribution >= 0.6 is 0 Å². The summed E-state index contributed by atoms with van der Waals surface area (Å²) in [6, 6.07) is 18.2. The molecule has 1 unspecified atom stereocenters. The molecular formula is C18H21NO2. The van der Waals surface area contributed by atoms with Gasteiger partial charge in [-0.2, -0.15) is 0 Å². The van der Waals surface area contributed by atoms with Gasteiger partial charge in [0.15, 0.2) is 0 Å². The summed E-state index contributed by atoms with van der Waals surface area (Å²) in [5.41, 5.74) is 3.51. The molecule has 110 valence electrons. The van der Waals surface area contributed by atoms with E-state index in [0.29, 0.717) is 6.42 Å². The Kier molecular flexibility index (Phi) is 5.52. The van der Waals surface area contributed by atoms with Crippen LogP contribution in [0.3, 0.4) is 0 Å². The summed E-state index contributed by atoms with van der Waals surface area (Å²) in [6.07, 6.45) is 0.328. The van der Waals surface area contributed by atoms with Gasteiger partial charge in [-0.05, 0) is 23.6 Å². The molecule has 0 aliphatic rings. The number of ether oxygens (including phenoxy) is 1. The smallest absolute Gasteiger partial charge is 0.307 e. The van der Waals surface area contributed by atoms with Crippen molar-refractivity contribution in [2.45, 2.75) is 25.9 Å². The SMILES string of the molecule is COC(=O)CC(NCc1ccccc1)c1ccccc1C. The first-order chi connectivity index (χ1) is 10.2. The van der Waals surface area contributed by atoms with Crippen LogP contribution in [0.25, 0.3) is 0 Å². The lowest BCUT2D eigenvalue weighted by atomic mass is 9.98. The van der Waals surface area contributed by atoms with Crippen molar-refractivity contribution in [2.24, 2.45) is 0 Å². The van der Waals surface area contributed by atoms with E-state index in [2.05, 4.69) is 36.5 Å². The summed E-state index contributed by atoms with van der Waals surface area (Å²) >= 11 is 0. The van der Waals surface area contributed by atoms with Gasteiger partial charge >= 0.3 is 5.97 Å². The fraction of sp³-hybridized carbons (Fsp3) is 0.278. The topological polar surface area (TPSA) is 38.3 Å². The Balaban J connectivity index is 2.12. The summed E-state index contributed by atoms with van der Waals surface area (Å²) in [6.45, 7) is 2.78. The molecule has 0 aliphatic heterocycles. The van der Waals surface area contributed by atoms with Gasteiger partial charge in [-0.1, -0.05) is 54.6 Å². The van der Waals surface area contributed by atoms with Crippen LogP contribution < -0.4 is 5.32 Å². The van der Waals surface area contributed by atoms with E-state index in [4.69, 9.17) is 4.74 Å². The molecule has 0 amide bonds. The molecule has 0 fully saturated rings. The average Bonchev–Trinajstić information content (AvgIpc) is 2.53. The maximum absolute atomic E-state index is 11.7. The zero-order valence-electron chi connectivity index (χ0n) is 12.5. The van der Waals surface area contributed by atoms with Crippen molar-refractivity contribution < 1.29 is 9.53 Å². The fourth-order valence-corrected chi connectivity index (χ4v) is 2.36. The van der Waals surface area contributed by atoms with Crippen LogP contribution in [0.4, 0.5) is 0 Å². The van der Waals surface area contributed by atoms with Gasteiger partial charge in [-0.25, -0.2) is 0 Å². The van der Waals surface area contributed by atoms with Gasteiger partial charge in [0.05, 0.1) is 13.5 Å². The zero-order chi connectivity index (χ0) is 15.1. The lowest BCUT2D eigenvalue weighted by Crippen LogP contribution is -2.24. The van der Waals surface area contributed by atoms with Crippen LogP contribution in [0.15, 0.2) is 54.6 Å². The van der Waals surface area contributed by atoms with E-state index in [-0.39, 0.29) is 12.0 Å². The third-order valence-corrected chi connectivity index (χ3v) is 3.56. The van der Waals surface area contributed by atoms with E-state index in [1.54, 1.807) is 0 Å². The van der Waals surface area contributed by atoms with Gasteiger partial charge in [0.25, 0.3) is 0 Å². The number of methoxy groups -OCH3 is 1. The maximum atomic E-state index is 11.7. The Labute approximate surface area is 126 Å². The molecule has 2 aromatic carbocycles. The normalized spacial score (nSPS) is 11.9. The molecule has 0 spiro atoms. The Hall–Kier alpha value is -2.13. The molecule has 2 rings (SSSR count). The van der Waals surface area contributed by atoms with Crippen LogP contribution in [0, 0.1) is 6.92 Å². The van der Waals surface area contributed by atoms with E-state index in [1.807, 2.05) is 30.3 Å². The third kappa shape index (κ3) is 4.43. The lowest BCUT2D eigenvalue weighted by Gasteiger charge is -2.20. The highest BCUT2D eigenvalue weighted by Crippen LogP contribution is 2.21. The molecule has 0 saturated heterocycles. The third-order valence-electron chi connectivity index (χ3n) is 3.56. The van der Waals surface area contributed by atoms with Gasteiger partial charge in [-0.15, -0.1) is 0 Å². The average molecular weight is 283 g/mol. The number of carbonyl (C=O) groups excluding carboxylic acids is 1. The molecule has 1 atom stereocenters. The first-order valence-electron chi connectivity index (χ1n) is 7.10. The number of aryl methyl sites for hydroxylation is 1. The highest BCUT2D eigenvalue weighted by molar-refractivity contribution is 5.70. The number of hydrogen-bond donors (Lipinski definition) is 1. The first-order valence-corrected chi connectivity index (χ1v) is 7.10. The number of hydrogen-bond acceptors (Lipinski definition) is 3. The van der Waals surface area contributed by atoms with Crippen molar-refractivity contribution in [3.8, 4) is 0 Å². The minimum atomic E-state index is -0.205. The van der Waals surface area contributed by atoms with E-state index < -0.39 is 0 Å². The molecule has 0 saturated carbocycles. The van der Waals surface area contributed by atoms with Crippen molar-refractivity contribution in [3.63, 3.8) is 0 Å². The van der Waals surface area contributed by atoms with Crippen LogP contribution in [-0.2, 0) is 16.1 Å². The molecule has 0 radical (unpaired) electrons. The Morgan fingerprint density at radius 3 is 2.43 bits per heavy atom. The lowest BCUT2D eigenvalue weighted by molar-refractivity contribution is -0.141. The summed E-state index contributed by atoms with van der Waals surface area (Å²) in [5, 5.41) is 3.46. The van der Waals surface area contributed by atoms with E-state index in [1.165, 1.54) is 18.2 Å². The Morgan fingerprint density at radius 1 is 1.10 bits per heavy atom. The standard InChI is InChI=1S/C18H21NO2/c1-14-8-6-7-11-16(14)17(12-18(20)21-2)19-13-15-9-4-3-5-10-15/h3-11,17,19H,12-13H2,1-2H3. The van der Waals surface area contributed by atoms with Crippen molar-refractivity contribution in [3.05, 3.63) is 71.3 Å². The quantitative estimate of drug-likeness (QED) is 0.826. The largest absolute Gasteiger partial charge is 0.469 e. The van der Waals surface area contributed by atoms with E-state index in [9.17, 15) is 4.79 Å². The molecule has 21 heavy (non-hydrogen) atoms. The summed E-state index contributed by atoms with van der Waals surface area (Å²) in [4.78, 5) is 11.7. The number of benzene rings is 2. The second-order valence-electron chi connectivity index (χ2n) is 5.06. The zero-order valence-corrected chi connectivity index (χ0v) is 12.5. The van der Waals surface area contributed by atoms with Crippen molar-refractivity contribution in [2.75, 3.05) is 7.11 Å². The number of nitrogens with one attached hydrogen (secondary N) is 1. The number of rotatable bonds is 6. The number of carbonyl (C=O) groups is 1. The van der Waals surface area contributed by atoms with Gasteiger partial charge in [-0.3, -0.25) is 4.79 Å². The van der Waals surface area contributed by atoms with Crippen LogP contribution in [-0.4, -0.2) is 13.1 Å². The second kappa shape index (κ2) is 7.60. The van der Waals surface area contributed by atoms with Gasteiger partial charge < -0.3 is 10.1 Å². The molecule has 0 heterocycles. The minimum absolute atomic E-state index is 0.0427. The van der Waals surface area contributed by atoms with E-state index in [0.717, 1.165) is 12.1 Å². The summed E-state index contributed by atoms with van der Waals surface area (Å²) in [5.74, 6) is -0.205. The first kappa shape index (κ1) is 15.3. The van der Waals surface area contributed by atoms with Crippen molar-refractivity contribution in [1.29, 1.82) is 0 Å². The molecule has 3 heteroatoms. The fourth-order valence-electron chi connectivity index (χ4n) is 2.36. The van der Waals surface area contributed by atoms with E-state index >= 15 is 0 Å². The second-order valence-corrected chi connectivity index (χ2v) is 5.06. The van der Waals surface area contributed by atoms with Gasteiger partial charge in [0.2, 0.25) is 0 Å². The summed E-state index contributed by atoms with van der Waals surface area (Å²) in [7, 11) is 1.43. The monoisotopic (exact) mass is 283 g/mol. The Morgan fingerprint density at radius 2 is 1.76 bits per heavy atom. The predicted octanol–water partition coefficient (Wildman–Crippen LogP) is 3.39. The van der Waals surface area contributed by atoms with Crippen molar-refractivity contribution >= 4 is 5.97 Å². The van der Waals surface area contributed by atoms with Crippen LogP contribution in [0.2, 0.25) is 0 Å². The maximum Gasteiger partial charge on any atom is 0.307 e. The molecule has 0 aromatic heterocycles. The van der Waals surface area contributed by atoms with Gasteiger partial charge in [0.1, 0.15) is 0 Å². The highest BCUT2D eigenvalue weighted by Gasteiger charge is 2.17. The van der Waals surface area contributed by atoms with Gasteiger partial charge in [0, 0.05) is 12.6 Å². The van der Waals surface area contributed by atoms with Crippen LogP contribution in [0.1, 0.15) is 29.2 Å². The highest BCUT2D eigenvalue weighted by atomic mass is 16.5. The minimum Gasteiger partial charge on any atom is -0.469 e. The molecule has 1 N–H and O–H groups in total.